The first-order chi connectivity index (χ1) is 28.6. The monoisotopic (exact) mass is 850 g/mol. The molecule has 0 aromatic carbocycles. The highest BCUT2D eigenvalue weighted by atomic mass is 16.7. The summed E-state index contributed by atoms with van der Waals surface area (Å²) >= 11 is 0. The van der Waals surface area contributed by atoms with Crippen LogP contribution >= 0.6 is 0 Å². The lowest BCUT2D eigenvalue weighted by Gasteiger charge is -2.55. The van der Waals surface area contributed by atoms with Gasteiger partial charge in [-0.1, -0.05) is 63.6 Å². The number of methoxy groups -OCH3 is 2. The van der Waals surface area contributed by atoms with E-state index in [0.717, 1.165) is 16.7 Å². The van der Waals surface area contributed by atoms with E-state index < -0.39 is 77.1 Å². The summed E-state index contributed by atoms with van der Waals surface area (Å²) in [4.78, 5) is 67.1. The summed E-state index contributed by atoms with van der Waals surface area (Å²) in [5, 5.41) is 2.81. The lowest BCUT2D eigenvalue weighted by molar-refractivity contribution is -0.224. The maximum Gasteiger partial charge on any atom is 0.407 e. The number of carbonyl (C=O) groups excluding carboxylic acids is 5. The molecule has 1 saturated heterocycles. The number of carbonyl (C=O) groups is 5. The lowest BCUT2D eigenvalue weighted by atomic mass is 9.48. The minimum atomic E-state index is -1.42. The smallest absolute Gasteiger partial charge is 0.407 e. The summed E-state index contributed by atoms with van der Waals surface area (Å²) in [5.74, 6) is -3.71. The second-order valence-electron chi connectivity index (χ2n) is 19.0. The van der Waals surface area contributed by atoms with Crippen molar-refractivity contribution in [1.82, 2.24) is 5.32 Å². The highest BCUT2D eigenvalue weighted by molar-refractivity contribution is 6.21. The Bertz CT molecular complexity index is 1950. The molecule has 15 atom stereocenters. The fourth-order valence-corrected chi connectivity index (χ4v) is 11.8. The van der Waals surface area contributed by atoms with Crippen molar-refractivity contribution in [2.75, 3.05) is 20.8 Å². The van der Waals surface area contributed by atoms with E-state index >= 15 is 4.79 Å². The second-order valence-corrected chi connectivity index (χ2v) is 19.0. The molecule has 0 radical (unpaired) electrons. The largest absolute Gasteiger partial charge is 0.496 e. The van der Waals surface area contributed by atoms with Gasteiger partial charge in [-0.15, -0.1) is 0 Å². The van der Waals surface area contributed by atoms with E-state index in [0.29, 0.717) is 12.8 Å². The standard InChI is InChI=1S/C47H66N2O12/c1-23-13-16-35(60-36-21-45(9,48)40(28(6)58-36)49-44(54)56-12)24(2)18-32-19-31(22-57-29(7)50)27(5)20-47(32)42(55-11)37(43(53)61-47)41(52)46(10)34(23)15-14-33-38(46)25(3)17-26(4)39(33)59-30(8)51/h13-15,18-19,25-28,32-36,38-40H,16-17,20-22,48H2,1-12H3,(H,49,54)/b23-13+,24-18+/t25?,26-,27+,28+,32+,33-,34-,35-,36-,38+,39-,40-,45-,46+,47-/m0/s1. The first kappa shape index (κ1) is 46.2. The molecule has 1 spiro atoms. The van der Waals surface area contributed by atoms with Crippen LogP contribution in [0.2, 0.25) is 0 Å². The summed E-state index contributed by atoms with van der Waals surface area (Å²) in [6, 6.07) is -0.559. The van der Waals surface area contributed by atoms with Gasteiger partial charge in [0.15, 0.2) is 23.4 Å². The Labute approximate surface area is 360 Å². The van der Waals surface area contributed by atoms with E-state index in [-0.39, 0.29) is 72.1 Å². The molecular formula is C47H66N2O12. The van der Waals surface area contributed by atoms with Gasteiger partial charge in [-0.3, -0.25) is 14.4 Å². The normalized spacial score (nSPS) is 42.8. The van der Waals surface area contributed by atoms with Crippen molar-refractivity contribution >= 4 is 29.8 Å². The third-order valence-electron chi connectivity index (χ3n) is 14.5. The molecule has 14 heteroatoms. The average molecular weight is 851 g/mol. The molecule has 1 saturated carbocycles. The van der Waals surface area contributed by atoms with E-state index in [4.69, 9.17) is 38.9 Å². The molecule has 61 heavy (non-hydrogen) atoms. The third kappa shape index (κ3) is 8.48. The number of esters is 3. The van der Waals surface area contributed by atoms with Crippen LogP contribution in [-0.4, -0.2) is 92.4 Å². The van der Waals surface area contributed by atoms with E-state index in [1.165, 1.54) is 28.1 Å². The van der Waals surface area contributed by atoms with Gasteiger partial charge >= 0.3 is 24.0 Å². The zero-order chi connectivity index (χ0) is 44.9. The van der Waals surface area contributed by atoms with Crippen LogP contribution in [0.25, 0.3) is 0 Å². The van der Waals surface area contributed by atoms with Gasteiger partial charge in [0, 0.05) is 55.4 Å². The minimum Gasteiger partial charge on any atom is -0.496 e. The van der Waals surface area contributed by atoms with Crippen molar-refractivity contribution in [3.05, 3.63) is 58.4 Å². The summed E-state index contributed by atoms with van der Waals surface area (Å²) in [6.07, 6.45) is 8.79. The van der Waals surface area contributed by atoms with Gasteiger partial charge in [0.1, 0.15) is 18.3 Å². The molecule has 1 amide bonds. The van der Waals surface area contributed by atoms with Crippen LogP contribution in [0.5, 0.6) is 0 Å². The molecule has 6 rings (SSSR count). The zero-order valence-corrected chi connectivity index (χ0v) is 37.8. The number of ketones is 1. The molecule has 336 valence electrons. The van der Waals surface area contributed by atoms with Crippen molar-refractivity contribution in [1.29, 1.82) is 0 Å². The fraction of sp³-hybridized carbons (Fsp3) is 0.681. The molecule has 6 aliphatic rings. The number of fused-ring (bicyclic) bond motifs is 3. The average Bonchev–Trinajstić information content (AvgIpc) is 3.45. The Balaban J connectivity index is 1.53. The third-order valence-corrected chi connectivity index (χ3v) is 14.5. The van der Waals surface area contributed by atoms with Crippen LogP contribution in [0.4, 0.5) is 4.79 Å². The van der Waals surface area contributed by atoms with Crippen LogP contribution in [0.15, 0.2) is 58.4 Å². The van der Waals surface area contributed by atoms with Crippen molar-refractivity contribution < 1.29 is 57.1 Å². The van der Waals surface area contributed by atoms with E-state index in [1.54, 1.807) is 0 Å². The maximum absolute atomic E-state index is 15.8. The Morgan fingerprint density at radius 1 is 0.951 bits per heavy atom. The molecule has 2 aliphatic heterocycles. The van der Waals surface area contributed by atoms with Gasteiger partial charge in [-0.2, -0.15) is 0 Å². The number of nitrogens with two attached hydrogens (primary N) is 1. The van der Waals surface area contributed by atoms with Crippen LogP contribution in [-0.2, 0) is 52.3 Å². The lowest BCUT2D eigenvalue weighted by Crippen LogP contribution is -2.66. The topological polar surface area (TPSA) is 188 Å². The number of hydrogen-bond acceptors (Lipinski definition) is 13. The summed E-state index contributed by atoms with van der Waals surface area (Å²) in [7, 11) is 2.76. The second kappa shape index (κ2) is 17.5. The molecule has 2 heterocycles. The highest BCUT2D eigenvalue weighted by Crippen LogP contribution is 2.59. The molecule has 1 unspecified atom stereocenters. The molecule has 0 aromatic rings. The Morgan fingerprint density at radius 3 is 2.28 bits per heavy atom. The van der Waals surface area contributed by atoms with E-state index in [2.05, 4.69) is 31.3 Å². The van der Waals surface area contributed by atoms with E-state index in [1.807, 2.05) is 59.8 Å². The SMILES string of the molecule is COC(=O)N[C@H]1[C@@H](C)O[C@@H](O[C@H]2C/C=C(\C)[C@@H]3C=C[C@@H]4[C@@H](OC(C)=O)[C@@H](C)CC(C)[C@H]4[C@]3(C)C(=O)C3=C(OC)[C@@]4(C[C@@H](C)C(COC(C)=O)=C[C@H]4/C=C/2C)OC3=O)C[C@]1(C)N. The number of rotatable bonds is 7. The molecule has 14 nitrogen and oxygen atoms in total. The van der Waals surface area contributed by atoms with Crippen LogP contribution in [0.3, 0.4) is 0 Å². The summed E-state index contributed by atoms with van der Waals surface area (Å²) < 4.78 is 42.4. The predicted molar refractivity (Wildman–Crippen MR) is 224 cm³/mol. The van der Waals surface area contributed by atoms with Crippen molar-refractivity contribution in [2.24, 2.45) is 52.6 Å². The summed E-state index contributed by atoms with van der Waals surface area (Å²) in [6.45, 7) is 18.6. The van der Waals surface area contributed by atoms with Gasteiger partial charge in [-0.25, -0.2) is 9.59 Å². The van der Waals surface area contributed by atoms with Crippen LogP contribution < -0.4 is 11.1 Å². The Morgan fingerprint density at radius 2 is 1.66 bits per heavy atom. The Hall–Kier alpha value is -4.27. The molecule has 2 fully saturated rings. The quantitative estimate of drug-likeness (QED) is 0.128. The molecular weight excluding hydrogens is 785 g/mol. The van der Waals surface area contributed by atoms with Crippen LogP contribution in [0.1, 0.15) is 94.9 Å². The molecule has 4 aliphatic carbocycles. The van der Waals surface area contributed by atoms with Gasteiger partial charge in [-0.05, 0) is 75.4 Å². The number of Topliss-reactive ketones (excluding diaryl/α,β-unsaturated/α-hetero) is 1. The van der Waals surface area contributed by atoms with Gasteiger partial charge < -0.3 is 44.2 Å². The molecule has 0 aromatic heterocycles. The number of nitrogens with one attached hydrogen (secondary N) is 1. The summed E-state index contributed by atoms with van der Waals surface area (Å²) in [5.41, 5.74) is 5.72. The first-order valence-corrected chi connectivity index (χ1v) is 21.6. The fourth-order valence-electron chi connectivity index (χ4n) is 11.8. The minimum absolute atomic E-state index is 0.0115. The maximum atomic E-state index is 15.8. The van der Waals surface area contributed by atoms with Crippen molar-refractivity contribution in [3.63, 3.8) is 0 Å². The van der Waals surface area contributed by atoms with E-state index in [9.17, 15) is 19.2 Å². The number of hydrogen-bond donors (Lipinski definition) is 2. The highest BCUT2D eigenvalue weighted by Gasteiger charge is 2.64. The van der Waals surface area contributed by atoms with Crippen molar-refractivity contribution in [2.45, 2.75) is 137 Å². The zero-order valence-electron chi connectivity index (χ0n) is 37.8. The molecule has 3 N–H and O–H groups in total. The Kier molecular flexibility index (Phi) is 13.2. The number of ether oxygens (including phenoxy) is 7. The predicted octanol–water partition coefficient (Wildman–Crippen LogP) is 6.19. The number of amides is 1. The van der Waals surface area contributed by atoms with Gasteiger partial charge in [0.2, 0.25) is 0 Å². The first-order valence-electron chi connectivity index (χ1n) is 21.6. The molecule has 2 bridgehead atoms. The van der Waals surface area contributed by atoms with Gasteiger partial charge in [0.05, 0.1) is 32.5 Å². The number of alkyl carbamates (subject to hydrolysis) is 1. The number of allylic oxidation sites excluding steroid dienone is 2. The van der Waals surface area contributed by atoms with Crippen molar-refractivity contribution in [3.8, 4) is 0 Å². The van der Waals surface area contributed by atoms with Crippen LogP contribution in [0, 0.1) is 46.8 Å². The van der Waals surface area contributed by atoms with Gasteiger partial charge in [0.25, 0.3) is 0 Å².